The molecule has 26 heavy (non-hydrogen) atoms. The number of benzene rings is 2. The SMILES string of the molecule is COc1ccc(CC(=O)N2CC=C(c3c[nH]c4ccccc34)CC2)cc1. The van der Waals surface area contributed by atoms with Gasteiger partial charge in [0.25, 0.3) is 0 Å². The number of carbonyl (C=O) groups is 1. The number of H-pyrrole nitrogens is 1. The first-order valence-electron chi connectivity index (χ1n) is 8.91. The van der Waals surface area contributed by atoms with Gasteiger partial charge in [-0.05, 0) is 35.8 Å². The van der Waals surface area contributed by atoms with Crippen LogP contribution in [0.25, 0.3) is 16.5 Å². The normalized spacial score (nSPS) is 14.3. The Morgan fingerprint density at radius 3 is 2.69 bits per heavy atom. The Balaban J connectivity index is 1.44. The molecule has 1 N–H and O–H groups in total. The lowest BCUT2D eigenvalue weighted by atomic mass is 9.98. The van der Waals surface area contributed by atoms with Gasteiger partial charge in [0.05, 0.1) is 13.5 Å². The zero-order valence-corrected chi connectivity index (χ0v) is 14.9. The largest absolute Gasteiger partial charge is 0.497 e. The second-order valence-electron chi connectivity index (χ2n) is 6.59. The van der Waals surface area contributed by atoms with E-state index in [-0.39, 0.29) is 5.91 Å². The van der Waals surface area contributed by atoms with E-state index in [1.165, 1.54) is 16.5 Å². The van der Waals surface area contributed by atoms with Gasteiger partial charge >= 0.3 is 0 Å². The van der Waals surface area contributed by atoms with Gasteiger partial charge in [0.15, 0.2) is 0 Å². The third kappa shape index (κ3) is 3.23. The van der Waals surface area contributed by atoms with E-state index in [0.717, 1.165) is 29.8 Å². The van der Waals surface area contributed by atoms with Crippen LogP contribution < -0.4 is 4.74 Å². The molecule has 2 heterocycles. The third-order valence-electron chi connectivity index (χ3n) is 5.01. The first-order chi connectivity index (χ1) is 12.7. The van der Waals surface area contributed by atoms with Crippen LogP contribution in [0.2, 0.25) is 0 Å². The summed E-state index contributed by atoms with van der Waals surface area (Å²) < 4.78 is 5.16. The number of ether oxygens (including phenoxy) is 1. The third-order valence-corrected chi connectivity index (χ3v) is 5.01. The quantitative estimate of drug-likeness (QED) is 0.775. The summed E-state index contributed by atoms with van der Waals surface area (Å²) in [6, 6.07) is 16.0. The number of rotatable bonds is 4. The average Bonchev–Trinajstić information content (AvgIpc) is 3.13. The van der Waals surface area contributed by atoms with Crippen LogP contribution in [0, 0.1) is 0 Å². The van der Waals surface area contributed by atoms with E-state index in [1.54, 1.807) is 7.11 Å². The fourth-order valence-electron chi connectivity index (χ4n) is 3.51. The molecule has 2 aromatic carbocycles. The summed E-state index contributed by atoms with van der Waals surface area (Å²) >= 11 is 0. The number of carbonyl (C=O) groups excluding carboxylic acids is 1. The number of fused-ring (bicyclic) bond motifs is 1. The number of aromatic nitrogens is 1. The van der Waals surface area contributed by atoms with E-state index in [4.69, 9.17) is 4.74 Å². The summed E-state index contributed by atoms with van der Waals surface area (Å²) in [6.07, 6.45) is 5.58. The van der Waals surface area contributed by atoms with Crippen molar-refractivity contribution in [3.05, 3.63) is 71.9 Å². The molecule has 0 unspecified atom stereocenters. The van der Waals surface area contributed by atoms with Crippen LogP contribution in [-0.4, -0.2) is 36.0 Å². The van der Waals surface area contributed by atoms with E-state index in [9.17, 15) is 4.79 Å². The number of nitrogens with one attached hydrogen (secondary N) is 1. The lowest BCUT2D eigenvalue weighted by Gasteiger charge is -2.26. The molecule has 3 aromatic rings. The molecule has 4 heteroatoms. The van der Waals surface area contributed by atoms with Crippen LogP contribution in [0.1, 0.15) is 17.5 Å². The maximum atomic E-state index is 12.6. The van der Waals surface area contributed by atoms with Crippen molar-refractivity contribution in [3.63, 3.8) is 0 Å². The van der Waals surface area contributed by atoms with Crippen molar-refractivity contribution in [1.29, 1.82) is 0 Å². The highest BCUT2D eigenvalue weighted by Crippen LogP contribution is 2.29. The topological polar surface area (TPSA) is 45.3 Å². The molecule has 0 aliphatic carbocycles. The number of methoxy groups -OCH3 is 1. The number of para-hydroxylation sites is 1. The molecule has 132 valence electrons. The van der Waals surface area contributed by atoms with Gasteiger partial charge in [-0.1, -0.05) is 36.4 Å². The Bertz CT molecular complexity index is 954. The Labute approximate surface area is 153 Å². The Morgan fingerprint density at radius 2 is 1.96 bits per heavy atom. The van der Waals surface area contributed by atoms with E-state index in [0.29, 0.717) is 13.0 Å². The van der Waals surface area contributed by atoms with Gasteiger partial charge in [-0.2, -0.15) is 0 Å². The predicted octanol–water partition coefficient (Wildman–Crippen LogP) is 4.03. The van der Waals surface area contributed by atoms with Gasteiger partial charge < -0.3 is 14.6 Å². The molecule has 0 atom stereocenters. The number of aromatic amines is 1. The summed E-state index contributed by atoms with van der Waals surface area (Å²) in [5.74, 6) is 0.981. The number of amides is 1. The Kier molecular flexibility index (Phi) is 4.48. The lowest BCUT2D eigenvalue weighted by molar-refractivity contribution is -0.130. The summed E-state index contributed by atoms with van der Waals surface area (Å²) in [7, 11) is 1.64. The lowest BCUT2D eigenvalue weighted by Crippen LogP contribution is -2.35. The van der Waals surface area contributed by atoms with E-state index in [1.807, 2.05) is 35.2 Å². The highest BCUT2D eigenvalue weighted by Gasteiger charge is 2.19. The molecular weight excluding hydrogens is 324 g/mol. The number of nitrogens with zero attached hydrogens (tertiary/aromatic N) is 1. The van der Waals surface area contributed by atoms with Gasteiger partial charge in [0.2, 0.25) is 5.91 Å². The molecule has 0 bridgehead atoms. The Hall–Kier alpha value is -3.01. The summed E-state index contributed by atoms with van der Waals surface area (Å²) in [4.78, 5) is 17.8. The van der Waals surface area contributed by atoms with Gasteiger partial charge in [-0.15, -0.1) is 0 Å². The highest BCUT2D eigenvalue weighted by molar-refractivity contribution is 5.93. The zero-order valence-electron chi connectivity index (χ0n) is 14.9. The van der Waals surface area contributed by atoms with Crippen LogP contribution in [0.5, 0.6) is 5.75 Å². The predicted molar refractivity (Wildman–Crippen MR) is 104 cm³/mol. The van der Waals surface area contributed by atoms with Crippen molar-refractivity contribution in [2.45, 2.75) is 12.8 Å². The average molecular weight is 346 g/mol. The zero-order chi connectivity index (χ0) is 17.9. The molecule has 1 aliphatic rings. The fraction of sp³-hybridized carbons (Fsp3) is 0.227. The Morgan fingerprint density at radius 1 is 1.15 bits per heavy atom. The first kappa shape index (κ1) is 16.5. The van der Waals surface area contributed by atoms with Crippen LogP contribution in [0.3, 0.4) is 0 Å². The first-order valence-corrected chi connectivity index (χ1v) is 8.91. The standard InChI is InChI=1S/C22H22N2O2/c1-26-18-8-6-16(7-9-18)14-22(25)24-12-10-17(11-13-24)20-15-23-21-5-3-2-4-19(20)21/h2-10,15,23H,11-14H2,1H3. The smallest absolute Gasteiger partial charge is 0.227 e. The van der Waals surface area contributed by atoms with Crippen molar-refractivity contribution in [3.8, 4) is 5.75 Å². The van der Waals surface area contributed by atoms with Gasteiger partial charge in [-0.25, -0.2) is 0 Å². The minimum absolute atomic E-state index is 0.171. The van der Waals surface area contributed by atoms with Crippen LogP contribution in [0.15, 0.2) is 60.8 Å². The summed E-state index contributed by atoms with van der Waals surface area (Å²) in [5, 5.41) is 1.25. The van der Waals surface area contributed by atoms with Crippen molar-refractivity contribution in [2.75, 3.05) is 20.2 Å². The minimum atomic E-state index is 0.171. The minimum Gasteiger partial charge on any atom is -0.497 e. The maximum Gasteiger partial charge on any atom is 0.227 e. The summed E-state index contributed by atoms with van der Waals surface area (Å²) in [5.41, 5.74) is 4.74. The highest BCUT2D eigenvalue weighted by atomic mass is 16.5. The van der Waals surface area contributed by atoms with Crippen molar-refractivity contribution >= 4 is 22.4 Å². The monoisotopic (exact) mass is 346 g/mol. The molecule has 4 nitrogen and oxygen atoms in total. The second-order valence-corrected chi connectivity index (χ2v) is 6.59. The van der Waals surface area contributed by atoms with Gasteiger partial charge in [-0.3, -0.25) is 4.79 Å². The molecule has 1 aromatic heterocycles. The van der Waals surface area contributed by atoms with Gasteiger partial charge in [0, 0.05) is 35.8 Å². The molecular formula is C22H22N2O2. The number of hydrogen-bond acceptors (Lipinski definition) is 2. The fourth-order valence-corrected chi connectivity index (χ4v) is 3.51. The molecule has 1 amide bonds. The van der Waals surface area contributed by atoms with Gasteiger partial charge in [0.1, 0.15) is 5.75 Å². The van der Waals surface area contributed by atoms with Crippen molar-refractivity contribution in [1.82, 2.24) is 9.88 Å². The van der Waals surface area contributed by atoms with Crippen molar-refractivity contribution in [2.24, 2.45) is 0 Å². The van der Waals surface area contributed by atoms with E-state index >= 15 is 0 Å². The molecule has 0 spiro atoms. The van der Waals surface area contributed by atoms with Crippen LogP contribution >= 0.6 is 0 Å². The van der Waals surface area contributed by atoms with Crippen molar-refractivity contribution < 1.29 is 9.53 Å². The van der Waals surface area contributed by atoms with Crippen LogP contribution in [-0.2, 0) is 11.2 Å². The molecule has 0 saturated carbocycles. The molecule has 4 rings (SSSR count). The van der Waals surface area contributed by atoms with Crippen LogP contribution in [0.4, 0.5) is 0 Å². The molecule has 0 fully saturated rings. The number of hydrogen-bond donors (Lipinski definition) is 1. The molecule has 0 radical (unpaired) electrons. The second kappa shape index (κ2) is 7.08. The summed E-state index contributed by atoms with van der Waals surface area (Å²) in [6.45, 7) is 1.43. The van der Waals surface area contributed by atoms with E-state index in [2.05, 4.69) is 35.5 Å². The maximum absolute atomic E-state index is 12.6. The molecule has 0 saturated heterocycles. The van der Waals surface area contributed by atoms with E-state index < -0.39 is 0 Å². The molecule has 1 aliphatic heterocycles.